The molecule has 1 aromatic carbocycles. The summed E-state index contributed by atoms with van der Waals surface area (Å²) < 4.78 is 3.71. The van der Waals surface area contributed by atoms with E-state index >= 15 is 0 Å². The lowest BCUT2D eigenvalue weighted by atomic mass is 10.1. The summed E-state index contributed by atoms with van der Waals surface area (Å²) in [5.41, 5.74) is 3.93. The fraction of sp³-hybridized carbons (Fsp3) is 0.0588. The van der Waals surface area contributed by atoms with Gasteiger partial charge in [-0.1, -0.05) is 12.1 Å². The van der Waals surface area contributed by atoms with Crippen LogP contribution in [0.4, 0.5) is 0 Å². The lowest BCUT2D eigenvalue weighted by Gasteiger charge is -2.09. The van der Waals surface area contributed by atoms with Gasteiger partial charge in [0, 0.05) is 29.8 Å². The average Bonchev–Trinajstić information content (AvgIpc) is 3.20. The summed E-state index contributed by atoms with van der Waals surface area (Å²) >= 11 is 0. The topological polar surface area (TPSA) is 71.8 Å². The first kappa shape index (κ1) is 13.2. The van der Waals surface area contributed by atoms with Crippen LogP contribution in [0.25, 0.3) is 22.6 Å². The molecule has 6 heteroatoms. The zero-order valence-electron chi connectivity index (χ0n) is 12.4. The molecule has 3 heterocycles. The van der Waals surface area contributed by atoms with E-state index in [9.17, 15) is 0 Å². The first-order chi connectivity index (χ1) is 11.3. The van der Waals surface area contributed by atoms with Gasteiger partial charge in [-0.05, 0) is 25.1 Å². The van der Waals surface area contributed by atoms with Gasteiger partial charge >= 0.3 is 0 Å². The first-order valence-electron chi connectivity index (χ1n) is 7.11. The number of hydrogen-bond donors (Lipinski definition) is 0. The molecule has 23 heavy (non-hydrogen) atoms. The molecule has 0 amide bonds. The van der Waals surface area contributed by atoms with Crippen molar-refractivity contribution in [2.45, 2.75) is 6.92 Å². The van der Waals surface area contributed by atoms with Crippen molar-refractivity contribution < 1.29 is 0 Å². The van der Waals surface area contributed by atoms with Crippen LogP contribution in [0.3, 0.4) is 0 Å². The Balaban J connectivity index is 1.91. The molecule has 0 saturated carbocycles. The highest BCUT2D eigenvalue weighted by Gasteiger charge is 2.10. The Bertz CT molecular complexity index is 1050. The van der Waals surface area contributed by atoms with Crippen molar-refractivity contribution in [1.82, 2.24) is 24.1 Å². The van der Waals surface area contributed by atoms with Crippen molar-refractivity contribution >= 4 is 5.65 Å². The van der Waals surface area contributed by atoms with Crippen LogP contribution in [0, 0.1) is 18.3 Å². The molecule has 0 aliphatic heterocycles. The lowest BCUT2D eigenvalue weighted by molar-refractivity contribution is 0.945. The van der Waals surface area contributed by atoms with Crippen molar-refractivity contribution in [3.05, 3.63) is 66.5 Å². The second kappa shape index (κ2) is 5.07. The van der Waals surface area contributed by atoms with E-state index in [0.29, 0.717) is 11.2 Å². The number of imidazole rings is 1. The van der Waals surface area contributed by atoms with Crippen molar-refractivity contribution in [2.75, 3.05) is 0 Å². The van der Waals surface area contributed by atoms with E-state index in [-0.39, 0.29) is 0 Å². The monoisotopic (exact) mass is 300 g/mol. The smallest absolute Gasteiger partial charge is 0.173 e. The van der Waals surface area contributed by atoms with E-state index in [1.807, 2.05) is 42.0 Å². The highest BCUT2D eigenvalue weighted by atomic mass is 15.3. The predicted octanol–water partition coefficient (Wildman–Crippen LogP) is 2.76. The van der Waals surface area contributed by atoms with Crippen LogP contribution < -0.4 is 0 Å². The number of benzene rings is 1. The molecule has 0 atom stereocenters. The Morgan fingerprint density at radius 1 is 1.13 bits per heavy atom. The van der Waals surface area contributed by atoms with Gasteiger partial charge in [0.2, 0.25) is 0 Å². The van der Waals surface area contributed by atoms with Gasteiger partial charge in [0.05, 0.1) is 11.9 Å². The van der Waals surface area contributed by atoms with Gasteiger partial charge < -0.3 is 4.57 Å². The maximum absolute atomic E-state index is 9.13. The van der Waals surface area contributed by atoms with E-state index in [0.717, 1.165) is 22.8 Å². The molecule has 0 N–H and O–H groups in total. The molecule has 6 nitrogen and oxygen atoms in total. The van der Waals surface area contributed by atoms with Crippen LogP contribution >= 0.6 is 0 Å². The number of rotatable bonds is 2. The van der Waals surface area contributed by atoms with Crippen molar-refractivity contribution in [3.8, 4) is 23.0 Å². The van der Waals surface area contributed by atoms with Crippen molar-refractivity contribution in [2.24, 2.45) is 0 Å². The van der Waals surface area contributed by atoms with Crippen LogP contribution in [0.2, 0.25) is 0 Å². The minimum atomic E-state index is 0.466. The minimum Gasteiger partial charge on any atom is -0.304 e. The van der Waals surface area contributed by atoms with Gasteiger partial charge in [0.15, 0.2) is 5.65 Å². The van der Waals surface area contributed by atoms with Crippen molar-refractivity contribution in [1.29, 1.82) is 5.26 Å². The molecule has 0 spiro atoms. The van der Waals surface area contributed by atoms with Gasteiger partial charge in [-0.3, -0.25) is 0 Å². The molecule has 0 aliphatic rings. The van der Waals surface area contributed by atoms with Gasteiger partial charge in [-0.2, -0.15) is 10.4 Å². The molecule has 0 saturated heterocycles. The Morgan fingerprint density at radius 3 is 2.83 bits per heavy atom. The molecule has 0 aliphatic carbocycles. The van der Waals surface area contributed by atoms with Crippen LogP contribution in [0.15, 0.2) is 55.1 Å². The van der Waals surface area contributed by atoms with E-state index < -0.39 is 0 Å². The number of aryl methyl sites for hydroxylation is 1. The number of aromatic nitrogens is 5. The normalized spacial score (nSPS) is 10.8. The third-order valence-corrected chi connectivity index (χ3v) is 3.77. The van der Waals surface area contributed by atoms with Crippen LogP contribution in [0.1, 0.15) is 11.4 Å². The summed E-state index contributed by atoms with van der Waals surface area (Å²) in [6, 6.07) is 12.1. The molecular formula is C17H12N6. The molecule has 110 valence electrons. The van der Waals surface area contributed by atoms with Gasteiger partial charge in [0.25, 0.3) is 0 Å². The maximum Gasteiger partial charge on any atom is 0.173 e. The predicted molar refractivity (Wildman–Crippen MR) is 85.0 cm³/mol. The van der Waals surface area contributed by atoms with E-state index in [4.69, 9.17) is 5.26 Å². The first-order valence-corrected chi connectivity index (χ1v) is 7.11. The summed E-state index contributed by atoms with van der Waals surface area (Å²) in [5.74, 6) is 0.924. The van der Waals surface area contributed by atoms with Crippen LogP contribution in [-0.2, 0) is 0 Å². The molecule has 4 aromatic rings. The van der Waals surface area contributed by atoms with E-state index in [1.54, 1.807) is 16.9 Å². The standard InChI is InChI=1S/C17H12N6/c1-12-19-7-8-22(12)15-4-2-3-13(9-15)16-5-6-20-17-14(10-18)11-21-23(16)17/h2-9,11H,1H3. The number of nitriles is 1. The Kier molecular flexibility index (Phi) is 2.91. The van der Waals surface area contributed by atoms with E-state index in [1.165, 1.54) is 6.20 Å². The van der Waals surface area contributed by atoms with Crippen LogP contribution in [0.5, 0.6) is 0 Å². The fourth-order valence-corrected chi connectivity index (χ4v) is 2.65. The number of fused-ring (bicyclic) bond motifs is 1. The summed E-state index contributed by atoms with van der Waals surface area (Å²) in [6.07, 6.45) is 6.94. The number of nitrogens with zero attached hydrogens (tertiary/aromatic N) is 6. The zero-order chi connectivity index (χ0) is 15.8. The summed E-state index contributed by atoms with van der Waals surface area (Å²) in [5, 5.41) is 13.4. The zero-order valence-corrected chi connectivity index (χ0v) is 12.4. The Morgan fingerprint density at radius 2 is 2.04 bits per heavy atom. The molecular weight excluding hydrogens is 288 g/mol. The Hall–Kier alpha value is -3.46. The quantitative estimate of drug-likeness (QED) is 0.570. The fourth-order valence-electron chi connectivity index (χ4n) is 2.65. The highest BCUT2D eigenvalue weighted by molar-refractivity contribution is 5.67. The van der Waals surface area contributed by atoms with Gasteiger partial charge in [0.1, 0.15) is 17.5 Å². The number of hydrogen-bond acceptors (Lipinski definition) is 4. The second-order valence-corrected chi connectivity index (χ2v) is 5.13. The van der Waals surface area contributed by atoms with Gasteiger partial charge in [-0.25, -0.2) is 14.5 Å². The SMILES string of the molecule is Cc1nccn1-c1cccc(-c2ccnc3c(C#N)cnn23)c1. The highest BCUT2D eigenvalue weighted by Crippen LogP contribution is 2.23. The van der Waals surface area contributed by atoms with Crippen LogP contribution in [-0.4, -0.2) is 24.1 Å². The van der Waals surface area contributed by atoms with Crippen molar-refractivity contribution in [3.63, 3.8) is 0 Å². The molecule has 0 unspecified atom stereocenters. The third-order valence-electron chi connectivity index (χ3n) is 3.77. The third kappa shape index (κ3) is 2.07. The summed E-state index contributed by atoms with van der Waals surface area (Å²) in [7, 11) is 0. The molecule has 4 rings (SSSR count). The molecule has 0 radical (unpaired) electrons. The molecule has 0 bridgehead atoms. The molecule has 3 aromatic heterocycles. The Labute approximate surface area is 132 Å². The van der Waals surface area contributed by atoms with E-state index in [2.05, 4.69) is 27.2 Å². The summed E-state index contributed by atoms with van der Waals surface area (Å²) in [6.45, 7) is 1.96. The minimum absolute atomic E-state index is 0.466. The van der Waals surface area contributed by atoms with Gasteiger partial charge in [-0.15, -0.1) is 0 Å². The lowest BCUT2D eigenvalue weighted by Crippen LogP contribution is -1.98. The average molecular weight is 300 g/mol. The molecule has 0 fully saturated rings. The second-order valence-electron chi connectivity index (χ2n) is 5.13. The maximum atomic E-state index is 9.13. The largest absolute Gasteiger partial charge is 0.304 e. The summed E-state index contributed by atoms with van der Waals surface area (Å²) in [4.78, 5) is 8.51.